The first kappa shape index (κ1) is 18.0. The molecule has 1 unspecified atom stereocenters. The molecule has 0 N–H and O–H groups in total. The average molecular weight is 375 g/mol. The van der Waals surface area contributed by atoms with Crippen LogP contribution in [0, 0.1) is 6.92 Å². The van der Waals surface area contributed by atoms with E-state index in [1.165, 1.54) is 0 Å². The number of carbonyl (C=O) groups is 1. The molecule has 4 rings (SSSR count). The van der Waals surface area contributed by atoms with E-state index in [1.54, 1.807) is 23.1 Å². The van der Waals surface area contributed by atoms with Crippen molar-refractivity contribution in [2.24, 2.45) is 0 Å². The Morgan fingerprint density at radius 2 is 1.93 bits per heavy atom. The minimum atomic E-state index is -0.516. The van der Waals surface area contributed by atoms with Crippen molar-refractivity contribution in [1.82, 2.24) is 4.90 Å². The van der Waals surface area contributed by atoms with Crippen molar-refractivity contribution in [3.8, 4) is 5.75 Å². The zero-order valence-corrected chi connectivity index (χ0v) is 15.9. The molecule has 1 aliphatic heterocycles. The van der Waals surface area contributed by atoms with E-state index in [2.05, 4.69) is 6.58 Å². The van der Waals surface area contributed by atoms with Crippen LogP contribution in [0.2, 0.25) is 0 Å². The smallest absolute Gasteiger partial charge is 0.291 e. The molecule has 5 nitrogen and oxygen atoms in total. The number of benzene rings is 2. The van der Waals surface area contributed by atoms with Gasteiger partial charge in [0.05, 0.1) is 23.6 Å². The van der Waals surface area contributed by atoms with Gasteiger partial charge in [0.25, 0.3) is 5.91 Å². The molecule has 0 aliphatic carbocycles. The quantitative estimate of drug-likeness (QED) is 0.626. The van der Waals surface area contributed by atoms with Gasteiger partial charge < -0.3 is 14.1 Å². The Bertz CT molecular complexity index is 1130. The first-order valence-electron chi connectivity index (χ1n) is 9.27. The largest absolute Gasteiger partial charge is 0.494 e. The maximum absolute atomic E-state index is 13.3. The molecule has 142 valence electrons. The number of fused-ring (bicyclic) bond motifs is 2. The molecule has 0 fully saturated rings. The SMILES string of the molecule is C=CCN1C(=O)c2oc3ccc(C)cc3c(=O)c2C1c1ccc(OCC)cc1. The number of aryl methyl sites for hydroxylation is 1. The minimum Gasteiger partial charge on any atom is -0.494 e. The molecule has 0 spiro atoms. The lowest BCUT2D eigenvalue weighted by atomic mass is 9.98. The molecular weight excluding hydrogens is 354 g/mol. The second-order valence-electron chi connectivity index (χ2n) is 6.82. The summed E-state index contributed by atoms with van der Waals surface area (Å²) in [5.74, 6) is 0.558. The summed E-state index contributed by atoms with van der Waals surface area (Å²) in [6, 6.07) is 12.3. The van der Waals surface area contributed by atoms with Gasteiger partial charge in [0, 0.05) is 6.54 Å². The van der Waals surface area contributed by atoms with Crippen molar-refractivity contribution < 1.29 is 13.9 Å². The Morgan fingerprint density at radius 3 is 2.61 bits per heavy atom. The van der Waals surface area contributed by atoms with Crippen LogP contribution in [0.5, 0.6) is 5.75 Å². The third-order valence-corrected chi connectivity index (χ3v) is 4.95. The van der Waals surface area contributed by atoms with E-state index in [-0.39, 0.29) is 17.1 Å². The number of amides is 1. The van der Waals surface area contributed by atoms with Crippen LogP contribution in [0.15, 0.2) is 64.3 Å². The van der Waals surface area contributed by atoms with Crippen molar-refractivity contribution in [3.63, 3.8) is 0 Å². The summed E-state index contributed by atoms with van der Waals surface area (Å²) in [7, 11) is 0. The van der Waals surface area contributed by atoms with Crippen LogP contribution < -0.4 is 10.2 Å². The second kappa shape index (κ2) is 7.00. The molecule has 0 saturated heterocycles. The maximum atomic E-state index is 13.3. The summed E-state index contributed by atoms with van der Waals surface area (Å²) < 4.78 is 11.4. The maximum Gasteiger partial charge on any atom is 0.291 e. The fraction of sp³-hybridized carbons (Fsp3) is 0.217. The molecule has 2 aromatic carbocycles. The Morgan fingerprint density at radius 1 is 1.18 bits per heavy atom. The second-order valence-corrected chi connectivity index (χ2v) is 6.82. The van der Waals surface area contributed by atoms with E-state index in [1.807, 2.05) is 44.2 Å². The zero-order chi connectivity index (χ0) is 19.8. The Hall–Kier alpha value is -3.34. The molecule has 0 saturated carbocycles. The van der Waals surface area contributed by atoms with Crippen LogP contribution >= 0.6 is 0 Å². The predicted molar refractivity (Wildman–Crippen MR) is 108 cm³/mol. The summed E-state index contributed by atoms with van der Waals surface area (Å²) in [6.45, 7) is 8.48. The summed E-state index contributed by atoms with van der Waals surface area (Å²) in [5.41, 5.74) is 2.43. The lowest BCUT2D eigenvalue weighted by Gasteiger charge is -2.23. The third-order valence-electron chi connectivity index (χ3n) is 4.95. The van der Waals surface area contributed by atoms with Crippen molar-refractivity contribution in [3.05, 3.63) is 87.8 Å². The van der Waals surface area contributed by atoms with Crippen LogP contribution in [-0.2, 0) is 0 Å². The molecular formula is C23H21NO4. The monoisotopic (exact) mass is 375 g/mol. The molecule has 0 bridgehead atoms. The topological polar surface area (TPSA) is 59.8 Å². The fourth-order valence-electron chi connectivity index (χ4n) is 3.72. The molecule has 1 atom stereocenters. The van der Waals surface area contributed by atoms with Gasteiger partial charge in [-0.2, -0.15) is 0 Å². The molecule has 1 amide bonds. The molecule has 28 heavy (non-hydrogen) atoms. The van der Waals surface area contributed by atoms with Crippen LogP contribution in [0.3, 0.4) is 0 Å². The number of nitrogens with zero attached hydrogens (tertiary/aromatic N) is 1. The van der Waals surface area contributed by atoms with Gasteiger partial charge in [0.2, 0.25) is 5.76 Å². The van der Waals surface area contributed by atoms with Crippen molar-refractivity contribution >= 4 is 16.9 Å². The van der Waals surface area contributed by atoms with Gasteiger partial charge >= 0.3 is 0 Å². The van der Waals surface area contributed by atoms with Gasteiger partial charge in [-0.15, -0.1) is 6.58 Å². The molecule has 3 aromatic rings. The van der Waals surface area contributed by atoms with Gasteiger partial charge in [-0.3, -0.25) is 9.59 Å². The van der Waals surface area contributed by atoms with Crippen LogP contribution in [0.4, 0.5) is 0 Å². The van der Waals surface area contributed by atoms with E-state index >= 15 is 0 Å². The molecule has 0 radical (unpaired) electrons. The van der Waals surface area contributed by atoms with Gasteiger partial charge in [-0.25, -0.2) is 0 Å². The van der Waals surface area contributed by atoms with Crippen molar-refractivity contribution in [2.45, 2.75) is 19.9 Å². The van der Waals surface area contributed by atoms with Crippen LogP contribution in [0.25, 0.3) is 11.0 Å². The van der Waals surface area contributed by atoms with Crippen molar-refractivity contribution in [2.75, 3.05) is 13.2 Å². The highest BCUT2D eigenvalue weighted by atomic mass is 16.5. The van der Waals surface area contributed by atoms with E-state index in [9.17, 15) is 9.59 Å². The van der Waals surface area contributed by atoms with E-state index in [4.69, 9.17) is 9.15 Å². The first-order valence-corrected chi connectivity index (χ1v) is 9.27. The number of hydrogen-bond donors (Lipinski definition) is 0. The highest BCUT2D eigenvalue weighted by Gasteiger charge is 2.42. The number of hydrogen-bond acceptors (Lipinski definition) is 4. The minimum absolute atomic E-state index is 0.113. The number of ether oxygens (including phenoxy) is 1. The number of carbonyl (C=O) groups excluding carboxylic acids is 1. The van der Waals surface area contributed by atoms with Crippen molar-refractivity contribution in [1.29, 1.82) is 0 Å². The predicted octanol–water partition coefficient (Wildman–Crippen LogP) is 4.23. The Balaban J connectivity index is 1.93. The lowest BCUT2D eigenvalue weighted by molar-refractivity contribution is 0.0748. The van der Waals surface area contributed by atoms with Gasteiger partial charge in [-0.1, -0.05) is 29.8 Å². The number of rotatable bonds is 5. The summed E-state index contributed by atoms with van der Waals surface area (Å²) in [6.07, 6.45) is 1.65. The standard InChI is InChI=1S/C23H21NO4/c1-4-12-24-20(15-7-9-16(10-8-15)27-5-2)19-21(25)17-13-14(3)6-11-18(17)28-22(19)23(24)26/h4,6-11,13,20H,1,5,12H2,2-3H3. The summed E-state index contributed by atoms with van der Waals surface area (Å²) in [5, 5.41) is 0.489. The van der Waals surface area contributed by atoms with Gasteiger partial charge in [0.1, 0.15) is 11.3 Å². The first-order chi connectivity index (χ1) is 13.5. The molecule has 1 aliphatic rings. The molecule has 1 aromatic heterocycles. The van der Waals surface area contributed by atoms with Gasteiger partial charge in [0.15, 0.2) is 5.43 Å². The Labute approximate surface area is 162 Å². The average Bonchev–Trinajstić information content (AvgIpc) is 2.96. The van der Waals surface area contributed by atoms with Crippen LogP contribution in [-0.4, -0.2) is 24.0 Å². The van der Waals surface area contributed by atoms with E-state index in [0.29, 0.717) is 29.7 Å². The van der Waals surface area contributed by atoms with Gasteiger partial charge in [-0.05, 0) is 43.7 Å². The summed E-state index contributed by atoms with van der Waals surface area (Å²) >= 11 is 0. The summed E-state index contributed by atoms with van der Waals surface area (Å²) in [4.78, 5) is 28.0. The lowest BCUT2D eigenvalue weighted by Crippen LogP contribution is -2.29. The normalized spacial score (nSPS) is 15.7. The molecule has 2 heterocycles. The fourth-order valence-corrected chi connectivity index (χ4v) is 3.72. The third kappa shape index (κ3) is 2.80. The highest BCUT2D eigenvalue weighted by Crippen LogP contribution is 2.38. The molecule has 5 heteroatoms. The highest BCUT2D eigenvalue weighted by molar-refractivity contribution is 5.99. The van der Waals surface area contributed by atoms with E-state index in [0.717, 1.165) is 16.9 Å². The zero-order valence-electron chi connectivity index (χ0n) is 15.9. The van der Waals surface area contributed by atoms with Crippen LogP contribution in [0.1, 0.15) is 40.2 Å². The Kier molecular flexibility index (Phi) is 4.51. The van der Waals surface area contributed by atoms with E-state index < -0.39 is 6.04 Å².